The lowest BCUT2D eigenvalue weighted by Crippen LogP contribution is -2.52. The average Bonchev–Trinajstić information content (AvgIpc) is 2.69. The third-order valence-electron chi connectivity index (χ3n) is 4.44. The Kier molecular flexibility index (Phi) is 10.8. The monoisotopic (exact) mass is 477 g/mol. The Bertz CT molecular complexity index is 796. The fourth-order valence-electron chi connectivity index (χ4n) is 2.81. The van der Waals surface area contributed by atoms with Gasteiger partial charge >= 0.3 is 18.2 Å². The predicted octanol–water partition coefficient (Wildman–Crippen LogP) is 5.64. The second-order valence-corrected chi connectivity index (χ2v) is 10.0. The normalized spacial score (nSPS) is 14.4. The van der Waals surface area contributed by atoms with Crippen molar-refractivity contribution < 1.29 is 33.3 Å². The number of carbonyl (C=O) groups is 3. The third kappa shape index (κ3) is 10.4. The first-order valence-corrected chi connectivity index (χ1v) is 11.4. The lowest BCUT2D eigenvalue weighted by Gasteiger charge is -2.32. The highest BCUT2D eigenvalue weighted by Crippen LogP contribution is 2.19. The van der Waals surface area contributed by atoms with E-state index < -0.39 is 47.6 Å². The molecule has 8 nitrogen and oxygen atoms in total. The van der Waals surface area contributed by atoms with Crippen molar-refractivity contribution in [3.63, 3.8) is 0 Å². The maximum absolute atomic E-state index is 13.0. The van der Waals surface area contributed by atoms with Gasteiger partial charge in [0.1, 0.15) is 23.3 Å². The molecule has 0 aliphatic heterocycles. The molecule has 34 heavy (non-hydrogen) atoms. The van der Waals surface area contributed by atoms with Crippen LogP contribution in [0.3, 0.4) is 0 Å². The first kappa shape index (κ1) is 29.2. The number of carbonyl (C=O) groups excluding carboxylic acids is 3. The minimum Gasteiger partial charge on any atom is -0.458 e. The lowest BCUT2D eigenvalue weighted by atomic mass is 10.1. The van der Waals surface area contributed by atoms with Gasteiger partial charge in [-0.25, -0.2) is 14.4 Å². The molecule has 0 saturated heterocycles. The first-order chi connectivity index (χ1) is 15.6. The number of benzene rings is 1. The number of nitrogens with zero attached hydrogens (tertiary/aromatic N) is 1. The van der Waals surface area contributed by atoms with Crippen molar-refractivity contribution in [3.05, 3.63) is 48.6 Å². The molecule has 1 aromatic rings. The summed E-state index contributed by atoms with van der Waals surface area (Å²) in [6.07, 6.45) is -1.01. The van der Waals surface area contributed by atoms with E-state index in [2.05, 4.69) is 6.58 Å². The molecule has 0 N–H and O–H groups in total. The summed E-state index contributed by atoms with van der Waals surface area (Å²) in [5.41, 5.74) is -0.784. The van der Waals surface area contributed by atoms with Crippen molar-refractivity contribution in [2.45, 2.75) is 97.9 Å². The van der Waals surface area contributed by atoms with Gasteiger partial charge in [-0.3, -0.25) is 0 Å². The van der Waals surface area contributed by atoms with Gasteiger partial charge in [-0.05, 0) is 67.4 Å². The highest BCUT2D eigenvalue weighted by atomic mass is 16.6. The van der Waals surface area contributed by atoms with Crippen molar-refractivity contribution in [3.8, 4) is 0 Å². The number of ether oxygens (including phenoxy) is 4. The zero-order chi connectivity index (χ0) is 26.1. The Hall–Kier alpha value is -2.87. The second-order valence-electron chi connectivity index (χ2n) is 10.0. The van der Waals surface area contributed by atoms with Crippen LogP contribution in [0.2, 0.25) is 0 Å². The van der Waals surface area contributed by atoms with E-state index >= 15 is 0 Å². The molecule has 1 unspecified atom stereocenters. The van der Waals surface area contributed by atoms with Gasteiger partial charge in [0.05, 0.1) is 12.7 Å². The number of esters is 1. The Morgan fingerprint density at radius 2 is 1.44 bits per heavy atom. The summed E-state index contributed by atoms with van der Waals surface area (Å²) in [5.74, 6) is -0.790. The average molecular weight is 478 g/mol. The van der Waals surface area contributed by atoms with E-state index in [0.717, 1.165) is 5.56 Å². The van der Waals surface area contributed by atoms with Gasteiger partial charge in [-0.15, -0.1) is 6.58 Å². The van der Waals surface area contributed by atoms with E-state index in [1.54, 1.807) is 54.5 Å². The Morgan fingerprint density at radius 3 is 1.88 bits per heavy atom. The molecule has 3 atom stereocenters. The molecule has 2 amide bonds. The van der Waals surface area contributed by atoms with Crippen LogP contribution in [0.25, 0.3) is 0 Å². The summed E-state index contributed by atoms with van der Waals surface area (Å²) in [5, 5.41) is 0. The molecule has 0 fully saturated rings. The van der Waals surface area contributed by atoms with Gasteiger partial charge in [0.2, 0.25) is 0 Å². The maximum Gasteiger partial charge on any atom is 0.420 e. The summed E-state index contributed by atoms with van der Waals surface area (Å²) in [6, 6.07) is 8.32. The van der Waals surface area contributed by atoms with Crippen LogP contribution in [-0.4, -0.2) is 52.5 Å². The molecule has 0 aliphatic rings. The zero-order valence-electron chi connectivity index (χ0n) is 21.6. The molecule has 1 aromatic carbocycles. The zero-order valence-corrected chi connectivity index (χ0v) is 21.6. The largest absolute Gasteiger partial charge is 0.458 e. The molecule has 8 heteroatoms. The Balaban J connectivity index is 2.97. The third-order valence-corrected chi connectivity index (χ3v) is 4.44. The molecule has 0 spiro atoms. The van der Waals surface area contributed by atoms with Crippen LogP contribution in [0.4, 0.5) is 9.59 Å². The number of hydrogen-bond acceptors (Lipinski definition) is 7. The fourth-order valence-corrected chi connectivity index (χ4v) is 2.81. The first-order valence-electron chi connectivity index (χ1n) is 11.4. The van der Waals surface area contributed by atoms with Crippen LogP contribution in [-0.2, 0) is 30.3 Å². The summed E-state index contributed by atoms with van der Waals surface area (Å²) in [6.45, 7) is 17.1. The van der Waals surface area contributed by atoms with E-state index in [0.29, 0.717) is 17.9 Å². The number of hydrogen-bond donors (Lipinski definition) is 0. The van der Waals surface area contributed by atoms with Crippen molar-refractivity contribution in [1.29, 1.82) is 0 Å². The van der Waals surface area contributed by atoms with Gasteiger partial charge in [0.25, 0.3) is 0 Å². The molecule has 0 aliphatic carbocycles. The fraction of sp³-hybridized carbons (Fsp3) is 0.577. The predicted molar refractivity (Wildman–Crippen MR) is 129 cm³/mol. The van der Waals surface area contributed by atoms with Gasteiger partial charge < -0.3 is 18.9 Å². The van der Waals surface area contributed by atoms with E-state index in [1.165, 1.54) is 6.92 Å². The summed E-state index contributed by atoms with van der Waals surface area (Å²) >= 11 is 0. The minimum absolute atomic E-state index is 0.332. The summed E-state index contributed by atoms with van der Waals surface area (Å²) in [4.78, 5) is 39.1. The van der Waals surface area contributed by atoms with Gasteiger partial charge in [-0.2, -0.15) is 4.90 Å². The molecule has 0 radical (unpaired) electrons. The standard InChI is InChI=1S/C26H39NO7/c1-10-14-21(31-17-20-15-12-11-13-16-20)19(3)32-22(28)18(2)27(23(29)33-25(4,5)6)24(30)34-26(7,8)9/h10-13,15-16,18-19,21H,1,14,17H2,2-9H3/t18-,19-,21?/m0/s1. The Morgan fingerprint density at radius 1 is 0.941 bits per heavy atom. The lowest BCUT2D eigenvalue weighted by molar-refractivity contribution is -0.161. The van der Waals surface area contributed by atoms with E-state index in [-0.39, 0.29) is 0 Å². The van der Waals surface area contributed by atoms with Crippen LogP contribution < -0.4 is 0 Å². The molecular formula is C26H39NO7. The Labute approximate surface area is 203 Å². The van der Waals surface area contributed by atoms with Crippen molar-refractivity contribution in [2.75, 3.05) is 0 Å². The molecular weight excluding hydrogens is 438 g/mol. The molecule has 0 bridgehead atoms. The van der Waals surface area contributed by atoms with Crippen molar-refractivity contribution >= 4 is 18.2 Å². The quantitative estimate of drug-likeness (QED) is 0.258. The number of rotatable bonds is 9. The van der Waals surface area contributed by atoms with Crippen molar-refractivity contribution in [1.82, 2.24) is 4.90 Å². The number of imide groups is 1. The van der Waals surface area contributed by atoms with E-state index in [9.17, 15) is 14.4 Å². The topological polar surface area (TPSA) is 91.4 Å². The highest BCUT2D eigenvalue weighted by molar-refractivity contribution is 5.94. The molecule has 1 rings (SSSR count). The van der Waals surface area contributed by atoms with Crippen LogP contribution in [0.15, 0.2) is 43.0 Å². The molecule has 0 aromatic heterocycles. The van der Waals surface area contributed by atoms with Gasteiger partial charge in [0, 0.05) is 0 Å². The molecule has 0 saturated carbocycles. The van der Waals surface area contributed by atoms with Crippen molar-refractivity contribution in [2.24, 2.45) is 0 Å². The summed E-state index contributed by atoms with van der Waals surface area (Å²) in [7, 11) is 0. The molecule has 0 heterocycles. The van der Waals surface area contributed by atoms with Crippen LogP contribution in [0.5, 0.6) is 0 Å². The van der Waals surface area contributed by atoms with Crippen LogP contribution in [0.1, 0.15) is 67.4 Å². The minimum atomic E-state index is -1.29. The smallest absolute Gasteiger partial charge is 0.420 e. The van der Waals surface area contributed by atoms with Crippen LogP contribution in [0, 0.1) is 0 Å². The van der Waals surface area contributed by atoms with Crippen LogP contribution >= 0.6 is 0 Å². The summed E-state index contributed by atoms with van der Waals surface area (Å²) < 4.78 is 22.2. The maximum atomic E-state index is 13.0. The second kappa shape index (κ2) is 12.6. The SMILES string of the molecule is C=CCC(OCc1ccccc1)[C@H](C)OC(=O)[C@H](C)N(C(=O)OC(C)(C)C)C(=O)OC(C)(C)C. The van der Waals surface area contributed by atoms with E-state index in [4.69, 9.17) is 18.9 Å². The highest BCUT2D eigenvalue weighted by Gasteiger charge is 2.39. The van der Waals surface area contributed by atoms with Gasteiger partial charge in [-0.1, -0.05) is 36.4 Å². The molecule has 190 valence electrons. The van der Waals surface area contributed by atoms with Gasteiger partial charge in [0.15, 0.2) is 0 Å². The van der Waals surface area contributed by atoms with E-state index in [1.807, 2.05) is 30.3 Å². The number of amides is 2.